The van der Waals surface area contributed by atoms with Crippen LogP contribution in [0.1, 0.15) is 43.0 Å². The number of aromatic nitrogens is 2. The molecule has 1 saturated carbocycles. The number of nitrogens with zero attached hydrogens (tertiary/aromatic N) is 2. The molecular weight excluding hydrogens is 230 g/mol. The normalized spacial score (nSPS) is 28.1. The molecule has 100 valence electrons. The van der Waals surface area contributed by atoms with Crippen LogP contribution in [-0.2, 0) is 7.05 Å². The van der Waals surface area contributed by atoms with E-state index in [1.54, 1.807) is 24.1 Å². The van der Waals surface area contributed by atoms with Crippen LogP contribution < -0.4 is 5.32 Å². The molecule has 1 aliphatic rings. The van der Waals surface area contributed by atoms with Crippen LogP contribution in [0, 0.1) is 5.92 Å². The van der Waals surface area contributed by atoms with Crippen molar-refractivity contribution >= 4 is 5.91 Å². The van der Waals surface area contributed by atoms with Crippen LogP contribution in [0.4, 0.5) is 0 Å². The molecule has 5 nitrogen and oxygen atoms in total. The smallest absolute Gasteiger partial charge is 0.254 e. The number of aliphatic hydroxyl groups is 1. The summed E-state index contributed by atoms with van der Waals surface area (Å²) < 4.78 is 1.60. The largest absolute Gasteiger partial charge is 0.394 e. The fourth-order valence-corrected chi connectivity index (χ4v) is 2.81. The van der Waals surface area contributed by atoms with Crippen LogP contribution in [0.25, 0.3) is 0 Å². The topological polar surface area (TPSA) is 67.2 Å². The highest BCUT2D eigenvalue weighted by atomic mass is 16.3. The molecule has 1 amide bonds. The van der Waals surface area contributed by atoms with Crippen LogP contribution in [0.3, 0.4) is 0 Å². The van der Waals surface area contributed by atoms with E-state index < -0.39 is 5.54 Å². The van der Waals surface area contributed by atoms with E-state index in [2.05, 4.69) is 17.3 Å². The molecule has 2 N–H and O–H groups in total. The van der Waals surface area contributed by atoms with Gasteiger partial charge in [0.2, 0.25) is 0 Å². The second-order valence-electron chi connectivity index (χ2n) is 5.50. The minimum atomic E-state index is -0.454. The van der Waals surface area contributed by atoms with Crippen molar-refractivity contribution in [3.8, 4) is 0 Å². The molecule has 0 bridgehead atoms. The summed E-state index contributed by atoms with van der Waals surface area (Å²) in [4.78, 5) is 12.1. The third-order valence-corrected chi connectivity index (χ3v) is 3.74. The van der Waals surface area contributed by atoms with Gasteiger partial charge in [-0.1, -0.05) is 19.8 Å². The van der Waals surface area contributed by atoms with Crippen molar-refractivity contribution in [1.29, 1.82) is 0 Å². The third-order valence-electron chi connectivity index (χ3n) is 3.74. The molecule has 2 rings (SSSR count). The highest BCUT2D eigenvalue weighted by Gasteiger charge is 2.36. The lowest BCUT2D eigenvalue weighted by atomic mass is 9.76. The molecule has 0 aliphatic heterocycles. The monoisotopic (exact) mass is 251 g/mol. The zero-order chi connectivity index (χ0) is 13.2. The fraction of sp³-hybridized carbons (Fsp3) is 0.692. The van der Waals surface area contributed by atoms with Gasteiger partial charge < -0.3 is 10.4 Å². The van der Waals surface area contributed by atoms with E-state index >= 15 is 0 Å². The standard InChI is InChI=1S/C13H21N3O2/c1-10-4-3-5-13(6-10,9-17)15-12(18)11-7-14-16(2)8-11/h7-8,10,17H,3-6,9H2,1-2H3,(H,15,18). The van der Waals surface area contributed by atoms with E-state index in [0.717, 1.165) is 19.3 Å². The Morgan fingerprint density at radius 1 is 1.72 bits per heavy atom. The molecule has 1 aliphatic carbocycles. The van der Waals surface area contributed by atoms with Gasteiger partial charge in [0.15, 0.2) is 0 Å². The predicted molar refractivity (Wildman–Crippen MR) is 68.1 cm³/mol. The molecule has 2 atom stereocenters. The Bertz CT molecular complexity index is 430. The zero-order valence-corrected chi connectivity index (χ0v) is 11.0. The Morgan fingerprint density at radius 2 is 2.50 bits per heavy atom. The Hall–Kier alpha value is -1.36. The molecule has 1 fully saturated rings. The second-order valence-corrected chi connectivity index (χ2v) is 5.50. The number of carbonyl (C=O) groups is 1. The third kappa shape index (κ3) is 2.72. The average Bonchev–Trinajstić information content (AvgIpc) is 2.76. The highest BCUT2D eigenvalue weighted by Crippen LogP contribution is 2.32. The Labute approximate surface area is 107 Å². The molecule has 0 saturated heterocycles. The number of amides is 1. The maximum Gasteiger partial charge on any atom is 0.254 e. The van der Waals surface area contributed by atoms with Gasteiger partial charge in [0.25, 0.3) is 5.91 Å². The summed E-state index contributed by atoms with van der Waals surface area (Å²) in [6.07, 6.45) is 7.15. The van der Waals surface area contributed by atoms with Crippen LogP contribution in [-0.4, -0.2) is 32.9 Å². The van der Waals surface area contributed by atoms with Crippen molar-refractivity contribution in [2.45, 2.75) is 38.1 Å². The summed E-state index contributed by atoms with van der Waals surface area (Å²) in [5.74, 6) is 0.395. The summed E-state index contributed by atoms with van der Waals surface area (Å²) in [7, 11) is 1.78. The van der Waals surface area contributed by atoms with Crippen LogP contribution in [0.5, 0.6) is 0 Å². The van der Waals surface area contributed by atoms with E-state index in [4.69, 9.17) is 0 Å². The quantitative estimate of drug-likeness (QED) is 0.845. The number of aryl methyl sites for hydroxylation is 1. The summed E-state index contributed by atoms with van der Waals surface area (Å²) in [5.41, 5.74) is 0.0912. The van der Waals surface area contributed by atoms with Crippen LogP contribution >= 0.6 is 0 Å². The van der Waals surface area contributed by atoms with Gasteiger partial charge in [0, 0.05) is 13.2 Å². The molecule has 5 heteroatoms. The van der Waals surface area contributed by atoms with Gasteiger partial charge in [-0.2, -0.15) is 5.10 Å². The maximum atomic E-state index is 12.1. The Balaban J connectivity index is 2.08. The number of aliphatic hydroxyl groups excluding tert-OH is 1. The van der Waals surface area contributed by atoms with Gasteiger partial charge in [-0.3, -0.25) is 9.48 Å². The van der Waals surface area contributed by atoms with Crippen molar-refractivity contribution in [3.63, 3.8) is 0 Å². The van der Waals surface area contributed by atoms with Crippen molar-refractivity contribution in [3.05, 3.63) is 18.0 Å². The van der Waals surface area contributed by atoms with E-state index in [0.29, 0.717) is 11.5 Å². The first-order valence-corrected chi connectivity index (χ1v) is 6.47. The summed E-state index contributed by atoms with van der Waals surface area (Å²) >= 11 is 0. The number of hydrogen-bond acceptors (Lipinski definition) is 3. The fourth-order valence-electron chi connectivity index (χ4n) is 2.81. The van der Waals surface area contributed by atoms with Gasteiger partial charge in [-0.15, -0.1) is 0 Å². The molecule has 1 aromatic rings. The molecule has 0 spiro atoms. The van der Waals surface area contributed by atoms with Gasteiger partial charge >= 0.3 is 0 Å². The predicted octanol–water partition coefficient (Wildman–Crippen LogP) is 1.09. The summed E-state index contributed by atoms with van der Waals surface area (Å²) in [6.45, 7) is 2.17. The highest BCUT2D eigenvalue weighted by molar-refractivity contribution is 5.94. The lowest BCUT2D eigenvalue weighted by Gasteiger charge is -2.39. The zero-order valence-electron chi connectivity index (χ0n) is 11.0. The van der Waals surface area contributed by atoms with Gasteiger partial charge in [-0.05, 0) is 18.8 Å². The summed E-state index contributed by atoms with van der Waals surface area (Å²) in [5, 5.41) is 16.6. The van der Waals surface area contributed by atoms with Crippen LogP contribution in [0.15, 0.2) is 12.4 Å². The Morgan fingerprint density at radius 3 is 3.06 bits per heavy atom. The van der Waals surface area contributed by atoms with Crippen molar-refractivity contribution in [2.75, 3.05) is 6.61 Å². The van der Waals surface area contributed by atoms with Crippen molar-refractivity contribution in [1.82, 2.24) is 15.1 Å². The number of nitrogens with one attached hydrogen (secondary N) is 1. The maximum absolute atomic E-state index is 12.1. The first-order valence-electron chi connectivity index (χ1n) is 6.47. The molecule has 18 heavy (non-hydrogen) atoms. The first kappa shape index (κ1) is 13.1. The van der Waals surface area contributed by atoms with E-state index in [-0.39, 0.29) is 12.5 Å². The lowest BCUT2D eigenvalue weighted by molar-refractivity contribution is 0.0697. The molecule has 0 aromatic carbocycles. The SMILES string of the molecule is CC1CCCC(CO)(NC(=O)c2cnn(C)c2)C1. The molecule has 1 heterocycles. The van der Waals surface area contributed by atoms with Gasteiger partial charge in [0.1, 0.15) is 0 Å². The molecule has 2 unspecified atom stereocenters. The van der Waals surface area contributed by atoms with E-state index in [9.17, 15) is 9.90 Å². The van der Waals surface area contributed by atoms with E-state index in [1.807, 2.05) is 0 Å². The van der Waals surface area contributed by atoms with Crippen molar-refractivity contribution < 1.29 is 9.90 Å². The second kappa shape index (κ2) is 5.10. The number of rotatable bonds is 3. The van der Waals surface area contributed by atoms with Gasteiger partial charge in [0.05, 0.1) is 23.9 Å². The van der Waals surface area contributed by atoms with Crippen LogP contribution in [0.2, 0.25) is 0 Å². The Kier molecular flexibility index (Phi) is 3.71. The average molecular weight is 251 g/mol. The van der Waals surface area contributed by atoms with Crippen molar-refractivity contribution in [2.24, 2.45) is 13.0 Å². The van der Waals surface area contributed by atoms with E-state index in [1.165, 1.54) is 6.42 Å². The first-order chi connectivity index (χ1) is 8.54. The minimum Gasteiger partial charge on any atom is -0.394 e. The number of carbonyl (C=O) groups excluding carboxylic acids is 1. The van der Waals surface area contributed by atoms with Gasteiger partial charge in [-0.25, -0.2) is 0 Å². The molecule has 0 radical (unpaired) electrons. The summed E-state index contributed by atoms with van der Waals surface area (Å²) in [6, 6.07) is 0. The molecular formula is C13H21N3O2. The number of hydrogen-bond donors (Lipinski definition) is 2. The molecule has 1 aromatic heterocycles. The lowest BCUT2D eigenvalue weighted by Crippen LogP contribution is -2.53. The minimum absolute atomic E-state index is 0.00332.